The van der Waals surface area contributed by atoms with Gasteiger partial charge in [0, 0.05) is 5.69 Å². The normalized spacial score (nSPS) is 14.0. The molecule has 80 valence electrons. The lowest BCUT2D eigenvalue weighted by atomic mass is 9.98. The first-order valence-electron chi connectivity index (χ1n) is 5.04. The molecule has 1 rings (SSSR count). The second-order valence-electron chi connectivity index (χ2n) is 3.83. The topological polar surface area (TPSA) is 35.8 Å². The highest BCUT2D eigenvalue weighted by atomic mass is 19.1. The molecule has 0 aliphatic heterocycles. The molecule has 0 fully saturated rings. The average Bonchev–Trinajstić information content (AvgIpc) is 2.18. The SMILES string of the molecule is CCCC(C)(C#N)Nc1cccc(F)c1. The second-order valence-corrected chi connectivity index (χ2v) is 3.83. The summed E-state index contributed by atoms with van der Waals surface area (Å²) in [5.41, 5.74) is 0.0234. The first-order valence-corrected chi connectivity index (χ1v) is 5.04. The van der Waals surface area contributed by atoms with E-state index >= 15 is 0 Å². The van der Waals surface area contributed by atoms with Crippen LogP contribution in [-0.2, 0) is 0 Å². The summed E-state index contributed by atoms with van der Waals surface area (Å²) in [4.78, 5) is 0. The zero-order valence-electron chi connectivity index (χ0n) is 9.05. The van der Waals surface area contributed by atoms with Gasteiger partial charge >= 0.3 is 0 Å². The summed E-state index contributed by atoms with van der Waals surface area (Å²) in [6.45, 7) is 3.84. The Morgan fingerprint density at radius 3 is 2.80 bits per heavy atom. The molecule has 0 heterocycles. The molecule has 2 nitrogen and oxygen atoms in total. The van der Waals surface area contributed by atoms with E-state index in [4.69, 9.17) is 5.26 Å². The maximum Gasteiger partial charge on any atom is 0.125 e. The fourth-order valence-electron chi connectivity index (χ4n) is 1.53. The number of halogens is 1. The van der Waals surface area contributed by atoms with Crippen LogP contribution in [0.2, 0.25) is 0 Å². The monoisotopic (exact) mass is 206 g/mol. The summed E-state index contributed by atoms with van der Waals surface area (Å²) >= 11 is 0. The fourth-order valence-corrected chi connectivity index (χ4v) is 1.53. The lowest BCUT2D eigenvalue weighted by molar-refractivity contribution is 0.577. The third kappa shape index (κ3) is 3.25. The fraction of sp³-hybridized carbons (Fsp3) is 0.417. The lowest BCUT2D eigenvalue weighted by Crippen LogP contribution is -2.32. The molecule has 0 radical (unpaired) electrons. The van der Waals surface area contributed by atoms with Crippen LogP contribution in [0.4, 0.5) is 10.1 Å². The average molecular weight is 206 g/mol. The van der Waals surface area contributed by atoms with Crippen molar-refractivity contribution in [3.05, 3.63) is 30.1 Å². The van der Waals surface area contributed by atoms with Crippen molar-refractivity contribution in [3.63, 3.8) is 0 Å². The molecule has 0 aliphatic rings. The molecule has 1 N–H and O–H groups in total. The van der Waals surface area contributed by atoms with Crippen molar-refractivity contribution in [1.82, 2.24) is 0 Å². The van der Waals surface area contributed by atoms with Gasteiger partial charge in [0.05, 0.1) is 6.07 Å². The van der Waals surface area contributed by atoms with Gasteiger partial charge in [-0.15, -0.1) is 0 Å². The summed E-state index contributed by atoms with van der Waals surface area (Å²) in [5, 5.41) is 12.1. The van der Waals surface area contributed by atoms with Crippen LogP contribution in [0.3, 0.4) is 0 Å². The van der Waals surface area contributed by atoms with E-state index < -0.39 is 5.54 Å². The molecule has 1 aromatic rings. The van der Waals surface area contributed by atoms with E-state index in [2.05, 4.69) is 11.4 Å². The van der Waals surface area contributed by atoms with Crippen molar-refractivity contribution in [2.75, 3.05) is 5.32 Å². The Balaban J connectivity index is 2.80. The van der Waals surface area contributed by atoms with Crippen molar-refractivity contribution in [2.24, 2.45) is 0 Å². The van der Waals surface area contributed by atoms with Crippen LogP contribution in [0.25, 0.3) is 0 Å². The number of hydrogen-bond acceptors (Lipinski definition) is 2. The van der Waals surface area contributed by atoms with Gasteiger partial charge in [-0.05, 0) is 31.5 Å². The first-order chi connectivity index (χ1) is 7.09. The van der Waals surface area contributed by atoms with Crippen LogP contribution in [0.5, 0.6) is 0 Å². The summed E-state index contributed by atoms with van der Waals surface area (Å²) in [7, 11) is 0. The molecule has 0 aliphatic carbocycles. The van der Waals surface area contributed by atoms with Crippen molar-refractivity contribution < 1.29 is 4.39 Å². The van der Waals surface area contributed by atoms with Gasteiger partial charge in [-0.2, -0.15) is 5.26 Å². The molecular formula is C12H15FN2. The smallest absolute Gasteiger partial charge is 0.125 e. The Morgan fingerprint density at radius 2 is 2.27 bits per heavy atom. The second kappa shape index (κ2) is 4.79. The van der Waals surface area contributed by atoms with E-state index in [1.54, 1.807) is 12.1 Å². The lowest BCUT2D eigenvalue weighted by Gasteiger charge is -2.23. The number of nitrogens with zero attached hydrogens (tertiary/aromatic N) is 1. The zero-order valence-corrected chi connectivity index (χ0v) is 9.05. The summed E-state index contributed by atoms with van der Waals surface area (Å²) in [5.74, 6) is -0.295. The standard InChI is InChI=1S/C12H15FN2/c1-3-7-12(2,9-14)15-11-6-4-5-10(13)8-11/h4-6,8,15H,3,7H2,1-2H3. The van der Waals surface area contributed by atoms with Gasteiger partial charge in [0.15, 0.2) is 0 Å². The van der Waals surface area contributed by atoms with Gasteiger partial charge in [-0.1, -0.05) is 19.4 Å². The highest BCUT2D eigenvalue weighted by Crippen LogP contribution is 2.19. The molecule has 0 amide bonds. The Hall–Kier alpha value is -1.56. The van der Waals surface area contributed by atoms with Crippen molar-refractivity contribution in [1.29, 1.82) is 5.26 Å². The number of rotatable bonds is 4. The first kappa shape index (κ1) is 11.5. The summed E-state index contributed by atoms with van der Waals surface area (Å²) in [6, 6.07) is 8.38. The van der Waals surface area contributed by atoms with Gasteiger partial charge in [-0.3, -0.25) is 0 Å². The number of hydrogen-bond donors (Lipinski definition) is 1. The van der Waals surface area contributed by atoms with Crippen LogP contribution < -0.4 is 5.32 Å². The predicted molar refractivity (Wildman–Crippen MR) is 58.9 cm³/mol. The van der Waals surface area contributed by atoms with E-state index in [0.717, 1.165) is 12.8 Å². The molecular weight excluding hydrogens is 191 g/mol. The maximum atomic E-state index is 12.9. The number of nitriles is 1. The molecule has 0 bridgehead atoms. The minimum absolute atomic E-state index is 0.295. The summed E-state index contributed by atoms with van der Waals surface area (Å²) in [6.07, 6.45) is 1.65. The third-order valence-electron chi connectivity index (χ3n) is 2.24. The third-order valence-corrected chi connectivity index (χ3v) is 2.24. The Morgan fingerprint density at radius 1 is 1.53 bits per heavy atom. The minimum Gasteiger partial charge on any atom is -0.368 e. The van der Waals surface area contributed by atoms with E-state index in [0.29, 0.717) is 5.69 Å². The minimum atomic E-state index is -0.622. The Labute approximate surface area is 89.7 Å². The molecule has 0 saturated carbocycles. The molecule has 3 heteroatoms. The Bertz CT molecular complexity index is 370. The van der Waals surface area contributed by atoms with Crippen LogP contribution >= 0.6 is 0 Å². The quantitative estimate of drug-likeness (QED) is 0.820. The van der Waals surface area contributed by atoms with E-state index in [-0.39, 0.29) is 5.82 Å². The van der Waals surface area contributed by atoms with Gasteiger partial charge < -0.3 is 5.32 Å². The van der Waals surface area contributed by atoms with Crippen LogP contribution in [0.1, 0.15) is 26.7 Å². The molecule has 1 atom stereocenters. The van der Waals surface area contributed by atoms with Gasteiger partial charge in [0.25, 0.3) is 0 Å². The largest absolute Gasteiger partial charge is 0.368 e. The van der Waals surface area contributed by atoms with Crippen molar-refractivity contribution >= 4 is 5.69 Å². The van der Waals surface area contributed by atoms with Crippen LogP contribution in [0, 0.1) is 17.1 Å². The molecule has 1 aromatic carbocycles. The molecule has 1 unspecified atom stereocenters. The van der Waals surface area contributed by atoms with Crippen molar-refractivity contribution in [3.8, 4) is 6.07 Å². The molecule has 0 saturated heterocycles. The number of anilines is 1. The highest BCUT2D eigenvalue weighted by molar-refractivity contribution is 5.47. The van der Waals surface area contributed by atoms with Crippen LogP contribution in [0.15, 0.2) is 24.3 Å². The van der Waals surface area contributed by atoms with Crippen molar-refractivity contribution in [2.45, 2.75) is 32.2 Å². The predicted octanol–water partition coefficient (Wildman–Crippen LogP) is 3.32. The van der Waals surface area contributed by atoms with E-state index in [9.17, 15) is 4.39 Å². The maximum absolute atomic E-state index is 12.9. The van der Waals surface area contributed by atoms with Gasteiger partial charge in [0.1, 0.15) is 11.4 Å². The van der Waals surface area contributed by atoms with Gasteiger partial charge in [-0.25, -0.2) is 4.39 Å². The number of nitrogens with one attached hydrogen (secondary N) is 1. The number of benzene rings is 1. The summed E-state index contributed by atoms with van der Waals surface area (Å²) < 4.78 is 12.9. The van der Waals surface area contributed by atoms with Crippen LogP contribution in [-0.4, -0.2) is 5.54 Å². The highest BCUT2D eigenvalue weighted by Gasteiger charge is 2.21. The van der Waals surface area contributed by atoms with E-state index in [1.165, 1.54) is 12.1 Å². The molecule has 15 heavy (non-hydrogen) atoms. The zero-order chi connectivity index (χ0) is 11.3. The van der Waals surface area contributed by atoms with E-state index in [1.807, 2.05) is 13.8 Å². The molecule has 0 spiro atoms. The molecule has 0 aromatic heterocycles. The Kier molecular flexibility index (Phi) is 3.68. The van der Waals surface area contributed by atoms with Gasteiger partial charge in [0.2, 0.25) is 0 Å².